The number of pyridine rings is 1. The summed E-state index contributed by atoms with van der Waals surface area (Å²) in [7, 11) is -3.56. The van der Waals surface area contributed by atoms with E-state index < -0.39 is 15.6 Å². The Bertz CT molecular complexity index is 566. The van der Waals surface area contributed by atoms with E-state index in [1.807, 2.05) is 20.8 Å². The van der Waals surface area contributed by atoms with Crippen molar-refractivity contribution in [3.63, 3.8) is 0 Å². The molecule has 2 N–H and O–H groups in total. The molecule has 0 aliphatic heterocycles. The predicted molar refractivity (Wildman–Crippen MR) is 80.1 cm³/mol. The average molecular weight is 297 g/mol. The summed E-state index contributed by atoms with van der Waals surface area (Å²) in [6, 6.07) is 3.24. The third-order valence-electron chi connectivity index (χ3n) is 3.60. The van der Waals surface area contributed by atoms with E-state index in [0.29, 0.717) is 18.3 Å². The zero-order valence-electron chi connectivity index (χ0n) is 12.3. The fraction of sp³-hybridized carbons (Fsp3) is 0.643. The molecule has 0 radical (unpaired) electrons. The van der Waals surface area contributed by atoms with Crippen LogP contribution in [-0.4, -0.2) is 25.5 Å². The fourth-order valence-corrected chi connectivity index (χ4v) is 3.88. The molecule has 1 aliphatic rings. The van der Waals surface area contributed by atoms with Crippen molar-refractivity contribution in [1.29, 1.82) is 0 Å². The van der Waals surface area contributed by atoms with Gasteiger partial charge in [0.05, 0.1) is 0 Å². The van der Waals surface area contributed by atoms with Gasteiger partial charge in [0.15, 0.2) is 0 Å². The summed E-state index contributed by atoms with van der Waals surface area (Å²) in [6.07, 6.45) is 4.69. The molecule has 20 heavy (non-hydrogen) atoms. The number of nitrogens with zero attached hydrogens (tertiary/aromatic N) is 1. The van der Waals surface area contributed by atoms with Gasteiger partial charge in [-0.3, -0.25) is 0 Å². The van der Waals surface area contributed by atoms with E-state index in [0.717, 1.165) is 19.3 Å². The second-order valence-electron chi connectivity index (χ2n) is 5.88. The Labute approximate surface area is 121 Å². The third-order valence-corrected chi connectivity index (χ3v) is 5.30. The minimum Gasteiger partial charge on any atom is -0.369 e. The van der Waals surface area contributed by atoms with Gasteiger partial charge in [-0.25, -0.2) is 18.1 Å². The molecule has 0 spiro atoms. The van der Waals surface area contributed by atoms with Crippen LogP contribution in [0.5, 0.6) is 0 Å². The van der Waals surface area contributed by atoms with Crippen LogP contribution in [0.15, 0.2) is 23.2 Å². The quantitative estimate of drug-likeness (QED) is 0.810. The predicted octanol–water partition coefficient (Wildman–Crippen LogP) is 2.37. The maximum Gasteiger partial charge on any atom is 0.244 e. The van der Waals surface area contributed by atoms with Crippen LogP contribution in [0.1, 0.15) is 40.0 Å². The summed E-state index contributed by atoms with van der Waals surface area (Å²) < 4.78 is 28.0. The number of aromatic nitrogens is 1. The molecule has 0 atom stereocenters. The van der Waals surface area contributed by atoms with Crippen molar-refractivity contribution in [3.8, 4) is 0 Å². The highest BCUT2D eigenvalue weighted by atomic mass is 32.2. The van der Waals surface area contributed by atoms with Gasteiger partial charge in [0, 0.05) is 18.3 Å². The lowest BCUT2D eigenvalue weighted by molar-refractivity contribution is 0.400. The van der Waals surface area contributed by atoms with E-state index in [-0.39, 0.29) is 4.90 Å². The monoisotopic (exact) mass is 297 g/mol. The van der Waals surface area contributed by atoms with Gasteiger partial charge in [-0.2, -0.15) is 0 Å². The summed E-state index contributed by atoms with van der Waals surface area (Å²) in [4.78, 5) is 4.37. The molecule has 5 nitrogen and oxygen atoms in total. The Balaban J connectivity index is 2.24. The van der Waals surface area contributed by atoms with E-state index in [1.165, 1.54) is 0 Å². The summed E-state index contributed by atoms with van der Waals surface area (Å²) in [5.74, 6) is 0.856. The van der Waals surface area contributed by atoms with Crippen molar-refractivity contribution in [2.75, 3.05) is 11.9 Å². The standard InChI is InChI=1S/C14H23N3O2S/c1-4-9-15-13-12(6-5-10-16-13)20(18,19)17-14(2,3)11-7-8-11/h5-6,10-11,17H,4,7-9H2,1-3H3,(H,15,16). The maximum atomic E-state index is 12.6. The van der Waals surface area contributed by atoms with Gasteiger partial charge in [0.25, 0.3) is 0 Å². The van der Waals surface area contributed by atoms with Gasteiger partial charge in [0.2, 0.25) is 10.0 Å². The van der Waals surface area contributed by atoms with Crippen molar-refractivity contribution in [1.82, 2.24) is 9.71 Å². The molecule has 1 fully saturated rings. The molecule has 2 rings (SSSR count). The lowest BCUT2D eigenvalue weighted by Gasteiger charge is -2.26. The second kappa shape index (κ2) is 5.69. The second-order valence-corrected chi connectivity index (χ2v) is 7.53. The number of rotatable bonds is 7. The summed E-state index contributed by atoms with van der Waals surface area (Å²) in [6.45, 7) is 6.61. The first kappa shape index (κ1) is 15.3. The molecule has 1 aromatic heterocycles. The van der Waals surface area contributed by atoms with Crippen LogP contribution in [-0.2, 0) is 10.0 Å². The Morgan fingerprint density at radius 3 is 2.70 bits per heavy atom. The highest BCUT2D eigenvalue weighted by Gasteiger charge is 2.41. The highest BCUT2D eigenvalue weighted by molar-refractivity contribution is 7.89. The van der Waals surface area contributed by atoms with E-state index in [2.05, 4.69) is 15.0 Å². The van der Waals surface area contributed by atoms with Crippen LogP contribution < -0.4 is 10.0 Å². The van der Waals surface area contributed by atoms with Gasteiger partial charge in [-0.05, 0) is 51.2 Å². The topological polar surface area (TPSA) is 71.1 Å². The Kier molecular flexibility index (Phi) is 4.34. The Morgan fingerprint density at radius 1 is 1.40 bits per heavy atom. The van der Waals surface area contributed by atoms with E-state index in [4.69, 9.17) is 0 Å². The van der Waals surface area contributed by atoms with Gasteiger partial charge in [-0.15, -0.1) is 0 Å². The van der Waals surface area contributed by atoms with Crippen LogP contribution >= 0.6 is 0 Å². The first-order chi connectivity index (χ1) is 9.37. The van der Waals surface area contributed by atoms with Gasteiger partial charge in [0.1, 0.15) is 10.7 Å². The normalized spacial score (nSPS) is 16.1. The maximum absolute atomic E-state index is 12.6. The van der Waals surface area contributed by atoms with Gasteiger partial charge < -0.3 is 5.32 Å². The summed E-state index contributed by atoms with van der Waals surface area (Å²) in [5, 5.41) is 3.07. The van der Waals surface area contributed by atoms with Crippen molar-refractivity contribution in [3.05, 3.63) is 18.3 Å². The number of anilines is 1. The molecule has 1 heterocycles. The molecule has 0 unspecified atom stereocenters. The van der Waals surface area contributed by atoms with E-state index >= 15 is 0 Å². The van der Waals surface area contributed by atoms with Crippen LogP contribution in [0, 0.1) is 5.92 Å². The molecule has 1 aliphatic carbocycles. The number of nitrogens with one attached hydrogen (secondary N) is 2. The number of hydrogen-bond donors (Lipinski definition) is 2. The molecular formula is C14H23N3O2S. The van der Waals surface area contributed by atoms with Gasteiger partial charge in [-0.1, -0.05) is 6.92 Å². The van der Waals surface area contributed by atoms with E-state index in [1.54, 1.807) is 18.3 Å². The van der Waals surface area contributed by atoms with Crippen LogP contribution in [0.4, 0.5) is 5.82 Å². The van der Waals surface area contributed by atoms with Crippen molar-refractivity contribution in [2.24, 2.45) is 5.92 Å². The Hall–Kier alpha value is -1.14. The minimum atomic E-state index is -3.56. The first-order valence-electron chi connectivity index (χ1n) is 7.09. The first-order valence-corrected chi connectivity index (χ1v) is 8.58. The molecule has 112 valence electrons. The van der Waals surface area contributed by atoms with Crippen molar-refractivity contribution < 1.29 is 8.42 Å². The zero-order chi connectivity index (χ0) is 14.8. The van der Waals surface area contributed by atoms with Crippen LogP contribution in [0.25, 0.3) is 0 Å². The largest absolute Gasteiger partial charge is 0.369 e. The third kappa shape index (κ3) is 3.49. The lowest BCUT2D eigenvalue weighted by atomic mass is 10.0. The molecule has 0 amide bonds. The van der Waals surface area contributed by atoms with Gasteiger partial charge >= 0.3 is 0 Å². The number of sulfonamides is 1. The van der Waals surface area contributed by atoms with E-state index in [9.17, 15) is 8.42 Å². The summed E-state index contributed by atoms with van der Waals surface area (Å²) >= 11 is 0. The van der Waals surface area contributed by atoms with Crippen molar-refractivity contribution in [2.45, 2.75) is 50.5 Å². The highest BCUT2D eigenvalue weighted by Crippen LogP contribution is 2.40. The fourth-order valence-electron chi connectivity index (χ4n) is 2.27. The van der Waals surface area contributed by atoms with Crippen LogP contribution in [0.2, 0.25) is 0 Å². The molecular weight excluding hydrogens is 274 g/mol. The SMILES string of the molecule is CCCNc1ncccc1S(=O)(=O)NC(C)(C)C1CC1. The lowest BCUT2D eigenvalue weighted by Crippen LogP contribution is -2.45. The molecule has 0 aromatic carbocycles. The molecule has 1 aromatic rings. The minimum absolute atomic E-state index is 0.224. The summed E-state index contributed by atoms with van der Waals surface area (Å²) in [5.41, 5.74) is -0.406. The molecule has 0 saturated heterocycles. The molecule has 6 heteroatoms. The smallest absolute Gasteiger partial charge is 0.244 e. The number of hydrogen-bond acceptors (Lipinski definition) is 4. The molecule has 1 saturated carbocycles. The average Bonchev–Trinajstić information content (AvgIpc) is 3.20. The zero-order valence-corrected chi connectivity index (χ0v) is 13.1. The van der Waals surface area contributed by atoms with Crippen LogP contribution in [0.3, 0.4) is 0 Å². The molecule has 0 bridgehead atoms. The Morgan fingerprint density at radius 2 is 2.10 bits per heavy atom. The van der Waals surface area contributed by atoms with Crippen molar-refractivity contribution >= 4 is 15.8 Å².